The Hall–Kier alpha value is -2.18. The number of nitrogens with two attached hydrogens (primary N) is 1. The van der Waals surface area contributed by atoms with Crippen LogP contribution in [0, 0.1) is 0 Å². The average molecular weight is 390 g/mol. The van der Waals surface area contributed by atoms with Gasteiger partial charge in [0.2, 0.25) is 0 Å². The van der Waals surface area contributed by atoms with Crippen molar-refractivity contribution in [2.75, 3.05) is 13.1 Å². The van der Waals surface area contributed by atoms with Gasteiger partial charge in [0.1, 0.15) is 0 Å². The van der Waals surface area contributed by atoms with Crippen molar-refractivity contribution in [3.05, 3.63) is 69.7 Å². The third-order valence-corrected chi connectivity index (χ3v) is 4.01. The molecule has 0 aliphatic carbocycles. The van der Waals surface area contributed by atoms with Crippen LogP contribution in [0.5, 0.6) is 0 Å². The Labute approximate surface area is 149 Å². The fraction of sp³-hybridized carbons (Fsp3) is 0.222. The summed E-state index contributed by atoms with van der Waals surface area (Å²) >= 11 is 3.33. The second kappa shape index (κ2) is 9.20. The van der Waals surface area contributed by atoms with E-state index in [0.717, 1.165) is 10.0 Å². The topological polar surface area (TPSA) is 84.2 Å². The molecule has 2 aromatic carbocycles. The van der Waals surface area contributed by atoms with Crippen molar-refractivity contribution in [1.29, 1.82) is 0 Å². The lowest BCUT2D eigenvalue weighted by atomic mass is 10.1. The number of hydrogen-bond donors (Lipinski definition) is 3. The van der Waals surface area contributed by atoms with Gasteiger partial charge in [-0.15, -0.1) is 0 Å². The van der Waals surface area contributed by atoms with Crippen LogP contribution in [0.15, 0.2) is 53.0 Å². The summed E-state index contributed by atoms with van der Waals surface area (Å²) in [5.41, 5.74) is 7.73. The number of nitrogens with one attached hydrogen (secondary N) is 2. The third kappa shape index (κ3) is 5.47. The number of halogens is 1. The Morgan fingerprint density at radius 3 is 1.75 bits per heavy atom. The van der Waals surface area contributed by atoms with Crippen LogP contribution in [0.4, 0.5) is 0 Å². The van der Waals surface area contributed by atoms with Crippen molar-refractivity contribution >= 4 is 27.7 Å². The lowest BCUT2D eigenvalue weighted by Crippen LogP contribution is -2.29. The van der Waals surface area contributed by atoms with Gasteiger partial charge in [0.05, 0.1) is 0 Å². The molecule has 2 rings (SSSR count). The molecule has 6 heteroatoms. The van der Waals surface area contributed by atoms with Crippen LogP contribution in [0.3, 0.4) is 0 Å². The number of amides is 2. The Bertz CT molecular complexity index is 684. The van der Waals surface area contributed by atoms with E-state index in [4.69, 9.17) is 5.73 Å². The minimum atomic E-state index is -0.127. The van der Waals surface area contributed by atoms with Gasteiger partial charge in [-0.05, 0) is 48.4 Å². The van der Waals surface area contributed by atoms with Crippen molar-refractivity contribution < 1.29 is 9.59 Å². The molecule has 0 heterocycles. The molecular weight excluding hydrogens is 370 g/mol. The van der Waals surface area contributed by atoms with Crippen LogP contribution in [-0.2, 0) is 6.54 Å². The van der Waals surface area contributed by atoms with Crippen LogP contribution in [0.25, 0.3) is 0 Å². The zero-order valence-electron chi connectivity index (χ0n) is 13.2. The predicted octanol–water partition coefficient (Wildman–Crippen LogP) is 2.46. The van der Waals surface area contributed by atoms with Gasteiger partial charge in [-0.3, -0.25) is 9.59 Å². The van der Waals surface area contributed by atoms with E-state index in [9.17, 15) is 9.59 Å². The van der Waals surface area contributed by atoms with E-state index in [1.807, 2.05) is 24.3 Å². The molecule has 2 aromatic rings. The van der Waals surface area contributed by atoms with E-state index in [1.165, 1.54) is 0 Å². The second-order valence-electron chi connectivity index (χ2n) is 5.27. The maximum absolute atomic E-state index is 12.0. The minimum Gasteiger partial charge on any atom is -0.352 e. The van der Waals surface area contributed by atoms with Crippen LogP contribution in [0.1, 0.15) is 32.7 Å². The molecule has 0 atom stereocenters. The molecule has 0 unspecified atom stereocenters. The van der Waals surface area contributed by atoms with Gasteiger partial charge in [0, 0.05) is 35.2 Å². The molecule has 0 fully saturated rings. The summed E-state index contributed by atoms with van der Waals surface area (Å²) < 4.78 is 0.932. The largest absolute Gasteiger partial charge is 0.352 e. The molecule has 0 aromatic heterocycles. The summed E-state index contributed by atoms with van der Waals surface area (Å²) in [4.78, 5) is 23.9. The first kappa shape index (κ1) is 18.2. The van der Waals surface area contributed by atoms with E-state index >= 15 is 0 Å². The van der Waals surface area contributed by atoms with Crippen molar-refractivity contribution in [2.24, 2.45) is 5.73 Å². The van der Waals surface area contributed by atoms with Crippen molar-refractivity contribution in [3.8, 4) is 0 Å². The quantitative estimate of drug-likeness (QED) is 0.635. The molecule has 4 N–H and O–H groups in total. The molecule has 24 heavy (non-hydrogen) atoms. The summed E-state index contributed by atoms with van der Waals surface area (Å²) in [5, 5.41) is 5.66. The lowest BCUT2D eigenvalue weighted by molar-refractivity contribution is 0.0952. The Morgan fingerprint density at radius 1 is 0.833 bits per heavy atom. The number of hydrogen-bond acceptors (Lipinski definition) is 3. The van der Waals surface area contributed by atoms with E-state index in [1.54, 1.807) is 24.3 Å². The molecule has 0 saturated heterocycles. The number of carbonyl (C=O) groups excluding carboxylic acids is 2. The highest BCUT2D eigenvalue weighted by molar-refractivity contribution is 9.10. The molecule has 126 valence electrons. The SMILES string of the molecule is NCc1ccc(C(=O)NCCCNC(=O)c2ccc(Br)cc2)cc1. The van der Waals surface area contributed by atoms with Crippen molar-refractivity contribution in [3.63, 3.8) is 0 Å². The van der Waals surface area contributed by atoms with E-state index in [2.05, 4.69) is 26.6 Å². The average Bonchev–Trinajstić information content (AvgIpc) is 2.61. The zero-order chi connectivity index (χ0) is 17.4. The van der Waals surface area contributed by atoms with Crippen molar-refractivity contribution in [2.45, 2.75) is 13.0 Å². The standard InChI is InChI=1S/C18H20BrN3O2/c19-16-8-6-15(7-9-16)18(24)22-11-1-10-21-17(23)14-4-2-13(12-20)3-5-14/h2-9H,1,10-12,20H2,(H,21,23)(H,22,24). The van der Waals surface area contributed by atoms with Gasteiger partial charge in [-0.25, -0.2) is 0 Å². The van der Waals surface area contributed by atoms with Gasteiger partial charge in [-0.1, -0.05) is 28.1 Å². The Kier molecular flexibility index (Phi) is 6.96. The monoisotopic (exact) mass is 389 g/mol. The van der Waals surface area contributed by atoms with Crippen LogP contribution >= 0.6 is 15.9 Å². The first-order chi connectivity index (χ1) is 11.6. The highest BCUT2D eigenvalue weighted by Gasteiger charge is 2.06. The Morgan fingerprint density at radius 2 is 1.29 bits per heavy atom. The van der Waals surface area contributed by atoms with Crippen LogP contribution in [-0.4, -0.2) is 24.9 Å². The maximum Gasteiger partial charge on any atom is 0.251 e. The summed E-state index contributed by atoms with van der Waals surface area (Å²) in [5.74, 6) is -0.246. The molecule has 0 bridgehead atoms. The molecule has 0 radical (unpaired) electrons. The van der Waals surface area contributed by atoms with Gasteiger partial charge in [0.15, 0.2) is 0 Å². The summed E-state index contributed by atoms with van der Waals surface area (Å²) in [6, 6.07) is 14.4. The van der Waals surface area contributed by atoms with E-state index in [0.29, 0.717) is 37.2 Å². The molecule has 0 saturated carbocycles. The predicted molar refractivity (Wildman–Crippen MR) is 97.8 cm³/mol. The number of rotatable bonds is 7. The molecule has 0 aliphatic heterocycles. The first-order valence-corrected chi connectivity index (χ1v) is 8.50. The zero-order valence-corrected chi connectivity index (χ0v) is 14.8. The fourth-order valence-electron chi connectivity index (χ4n) is 2.09. The molecule has 0 aliphatic rings. The Balaban J connectivity index is 1.67. The molecule has 5 nitrogen and oxygen atoms in total. The number of carbonyl (C=O) groups is 2. The smallest absolute Gasteiger partial charge is 0.251 e. The third-order valence-electron chi connectivity index (χ3n) is 3.48. The normalized spacial score (nSPS) is 10.2. The summed E-state index contributed by atoms with van der Waals surface area (Å²) in [7, 11) is 0. The summed E-state index contributed by atoms with van der Waals surface area (Å²) in [6.07, 6.45) is 0.662. The molecule has 2 amide bonds. The lowest BCUT2D eigenvalue weighted by Gasteiger charge is -2.07. The summed E-state index contributed by atoms with van der Waals surface area (Å²) in [6.45, 7) is 1.46. The molecular formula is C18H20BrN3O2. The highest BCUT2D eigenvalue weighted by atomic mass is 79.9. The number of benzene rings is 2. The highest BCUT2D eigenvalue weighted by Crippen LogP contribution is 2.10. The minimum absolute atomic E-state index is 0.119. The second-order valence-corrected chi connectivity index (χ2v) is 6.19. The van der Waals surface area contributed by atoms with Gasteiger partial charge in [-0.2, -0.15) is 0 Å². The van der Waals surface area contributed by atoms with E-state index < -0.39 is 0 Å². The maximum atomic E-state index is 12.0. The molecule has 0 spiro atoms. The van der Waals surface area contributed by atoms with Gasteiger partial charge < -0.3 is 16.4 Å². The van der Waals surface area contributed by atoms with Gasteiger partial charge in [0.25, 0.3) is 11.8 Å². The van der Waals surface area contributed by atoms with Crippen LogP contribution < -0.4 is 16.4 Å². The van der Waals surface area contributed by atoms with Gasteiger partial charge >= 0.3 is 0 Å². The fourth-order valence-corrected chi connectivity index (χ4v) is 2.35. The van der Waals surface area contributed by atoms with Crippen LogP contribution in [0.2, 0.25) is 0 Å². The first-order valence-electron chi connectivity index (χ1n) is 7.71. The van der Waals surface area contributed by atoms with Crippen molar-refractivity contribution in [1.82, 2.24) is 10.6 Å². The van der Waals surface area contributed by atoms with E-state index in [-0.39, 0.29) is 11.8 Å².